The predicted molar refractivity (Wildman–Crippen MR) is 59.4 cm³/mol. The quantitative estimate of drug-likeness (QED) is 0.441. The van der Waals surface area contributed by atoms with Crippen LogP contribution in [-0.2, 0) is 14.4 Å². The second-order valence-corrected chi connectivity index (χ2v) is 3.81. The summed E-state index contributed by atoms with van der Waals surface area (Å²) in [6.07, 6.45) is -0.136. The van der Waals surface area contributed by atoms with Gasteiger partial charge in [-0.3, -0.25) is 14.4 Å². The van der Waals surface area contributed by atoms with Crippen LogP contribution in [0.1, 0.15) is 19.3 Å². The summed E-state index contributed by atoms with van der Waals surface area (Å²) in [5.74, 6) is -3.30. The van der Waals surface area contributed by atoms with Crippen molar-refractivity contribution in [2.75, 3.05) is 5.75 Å². The summed E-state index contributed by atoms with van der Waals surface area (Å²) in [6, 6.07) is -1.08. The molecule has 6 nitrogen and oxygen atoms in total. The molecule has 16 heavy (non-hydrogen) atoms. The third-order valence-electron chi connectivity index (χ3n) is 2.10. The van der Waals surface area contributed by atoms with E-state index < -0.39 is 23.9 Å². The third kappa shape index (κ3) is 5.72. The van der Waals surface area contributed by atoms with E-state index in [-0.39, 0.29) is 30.8 Å². The Kier molecular flexibility index (Phi) is 6.75. The molecule has 0 spiro atoms. The van der Waals surface area contributed by atoms with Gasteiger partial charge in [0.05, 0.1) is 5.92 Å². The number of carboxylic acid groups (broad SMARTS) is 2. The Hall–Kier alpha value is -1.08. The summed E-state index contributed by atoms with van der Waals surface area (Å²) in [6.45, 7) is 0. The van der Waals surface area contributed by atoms with E-state index in [0.717, 1.165) is 0 Å². The monoisotopic (exact) mass is 249 g/mol. The van der Waals surface area contributed by atoms with E-state index in [1.807, 2.05) is 0 Å². The first-order valence-electron chi connectivity index (χ1n) is 4.72. The molecule has 0 amide bonds. The van der Waals surface area contributed by atoms with Crippen molar-refractivity contribution in [3.63, 3.8) is 0 Å². The largest absolute Gasteiger partial charge is 0.481 e. The number of carbonyl (C=O) groups is 3. The number of rotatable bonds is 8. The standard InChI is InChI=1S/C9H15NO5S/c10-7(9(14)15)2-1-6(11)3-5(4-16)8(12)13/h5,7,16H,1-4,10H2,(H,12,13)(H,14,15). The number of thiol groups is 1. The molecular formula is C9H15NO5S. The second kappa shape index (κ2) is 7.24. The minimum absolute atomic E-state index is 0.0209. The summed E-state index contributed by atoms with van der Waals surface area (Å²) >= 11 is 3.82. The molecule has 0 aromatic heterocycles. The maximum absolute atomic E-state index is 11.3. The van der Waals surface area contributed by atoms with Crippen molar-refractivity contribution in [3.8, 4) is 0 Å². The SMILES string of the molecule is NC(CCC(=O)CC(CS)C(=O)O)C(=O)O. The van der Waals surface area contributed by atoms with Crippen LogP contribution in [0.5, 0.6) is 0 Å². The lowest BCUT2D eigenvalue weighted by Crippen LogP contribution is -2.31. The highest BCUT2D eigenvalue weighted by molar-refractivity contribution is 7.80. The van der Waals surface area contributed by atoms with E-state index in [4.69, 9.17) is 15.9 Å². The van der Waals surface area contributed by atoms with Crippen molar-refractivity contribution in [2.24, 2.45) is 11.7 Å². The smallest absolute Gasteiger partial charge is 0.320 e. The molecule has 0 radical (unpaired) electrons. The number of ketones is 1. The van der Waals surface area contributed by atoms with Crippen LogP contribution in [0.4, 0.5) is 0 Å². The molecule has 0 heterocycles. The van der Waals surface area contributed by atoms with Gasteiger partial charge >= 0.3 is 11.9 Å². The number of aliphatic carboxylic acids is 2. The lowest BCUT2D eigenvalue weighted by molar-refractivity contribution is -0.143. The van der Waals surface area contributed by atoms with E-state index in [9.17, 15) is 14.4 Å². The summed E-state index contributed by atoms with van der Waals surface area (Å²) in [7, 11) is 0. The van der Waals surface area contributed by atoms with Crippen molar-refractivity contribution < 1.29 is 24.6 Å². The van der Waals surface area contributed by atoms with Crippen LogP contribution < -0.4 is 5.73 Å². The first kappa shape index (κ1) is 14.9. The summed E-state index contributed by atoms with van der Waals surface area (Å²) < 4.78 is 0. The molecule has 2 unspecified atom stereocenters. The Morgan fingerprint density at radius 3 is 2.12 bits per heavy atom. The summed E-state index contributed by atoms with van der Waals surface area (Å²) in [4.78, 5) is 32.2. The highest BCUT2D eigenvalue weighted by Crippen LogP contribution is 2.09. The van der Waals surface area contributed by atoms with Crippen molar-refractivity contribution in [1.29, 1.82) is 0 Å². The molecule has 4 N–H and O–H groups in total. The minimum atomic E-state index is -1.17. The number of Topliss-reactive ketones (excluding diaryl/α,β-unsaturated/α-hetero) is 1. The van der Waals surface area contributed by atoms with Crippen LogP contribution in [0.3, 0.4) is 0 Å². The number of hydrogen-bond acceptors (Lipinski definition) is 5. The fourth-order valence-electron chi connectivity index (χ4n) is 1.05. The second-order valence-electron chi connectivity index (χ2n) is 3.44. The minimum Gasteiger partial charge on any atom is -0.481 e. The molecule has 0 rings (SSSR count). The van der Waals surface area contributed by atoms with Gasteiger partial charge in [0.25, 0.3) is 0 Å². The maximum Gasteiger partial charge on any atom is 0.320 e. The van der Waals surface area contributed by atoms with Crippen LogP contribution in [0.25, 0.3) is 0 Å². The van der Waals surface area contributed by atoms with Gasteiger partial charge in [-0.15, -0.1) is 0 Å². The van der Waals surface area contributed by atoms with Crippen LogP contribution in [0, 0.1) is 5.92 Å². The molecule has 0 aliphatic carbocycles. The van der Waals surface area contributed by atoms with Gasteiger partial charge in [-0.2, -0.15) is 12.6 Å². The Labute approximate surface area is 98.2 Å². The number of carbonyl (C=O) groups excluding carboxylic acids is 1. The maximum atomic E-state index is 11.3. The fraction of sp³-hybridized carbons (Fsp3) is 0.667. The van der Waals surface area contributed by atoms with Gasteiger partial charge in [0.15, 0.2) is 0 Å². The number of hydrogen-bond donors (Lipinski definition) is 4. The Morgan fingerprint density at radius 1 is 1.19 bits per heavy atom. The van der Waals surface area contributed by atoms with Crippen LogP contribution in [0.2, 0.25) is 0 Å². The van der Waals surface area contributed by atoms with Crippen LogP contribution in [-0.4, -0.2) is 39.7 Å². The van der Waals surface area contributed by atoms with Crippen LogP contribution >= 0.6 is 12.6 Å². The topological polar surface area (TPSA) is 118 Å². The molecule has 0 aliphatic heterocycles. The van der Waals surface area contributed by atoms with Crippen LogP contribution in [0.15, 0.2) is 0 Å². The zero-order valence-electron chi connectivity index (χ0n) is 8.63. The van der Waals surface area contributed by atoms with Gasteiger partial charge in [0.1, 0.15) is 11.8 Å². The zero-order chi connectivity index (χ0) is 12.7. The van der Waals surface area contributed by atoms with E-state index in [1.165, 1.54) is 0 Å². The van der Waals surface area contributed by atoms with E-state index >= 15 is 0 Å². The molecule has 0 aromatic carbocycles. The molecule has 92 valence electrons. The van der Waals surface area contributed by atoms with Crippen molar-refractivity contribution in [2.45, 2.75) is 25.3 Å². The third-order valence-corrected chi connectivity index (χ3v) is 2.54. The molecule has 0 aromatic rings. The normalized spacial score (nSPS) is 14.1. The Balaban J connectivity index is 3.99. The van der Waals surface area contributed by atoms with Gasteiger partial charge in [0, 0.05) is 18.6 Å². The Bertz CT molecular complexity index is 281. The van der Waals surface area contributed by atoms with Gasteiger partial charge in [0.2, 0.25) is 0 Å². The fourth-order valence-corrected chi connectivity index (χ4v) is 1.33. The molecule has 0 bridgehead atoms. The van der Waals surface area contributed by atoms with E-state index in [2.05, 4.69) is 12.6 Å². The highest BCUT2D eigenvalue weighted by Gasteiger charge is 2.20. The first-order chi connectivity index (χ1) is 7.38. The predicted octanol–water partition coefficient (Wildman–Crippen LogP) is -0.232. The summed E-state index contributed by atoms with van der Waals surface area (Å²) in [5, 5.41) is 17.1. The van der Waals surface area contributed by atoms with Gasteiger partial charge in [-0.1, -0.05) is 0 Å². The van der Waals surface area contributed by atoms with Crippen molar-refractivity contribution in [3.05, 3.63) is 0 Å². The molecule has 7 heteroatoms. The molecule has 0 fully saturated rings. The molecule has 2 atom stereocenters. The summed E-state index contributed by atoms with van der Waals surface area (Å²) in [5.41, 5.74) is 5.20. The zero-order valence-corrected chi connectivity index (χ0v) is 9.52. The average Bonchev–Trinajstić information content (AvgIpc) is 2.21. The van der Waals surface area contributed by atoms with Gasteiger partial charge in [-0.25, -0.2) is 0 Å². The highest BCUT2D eigenvalue weighted by atomic mass is 32.1. The lowest BCUT2D eigenvalue weighted by Gasteiger charge is -2.09. The van der Waals surface area contributed by atoms with E-state index in [1.54, 1.807) is 0 Å². The number of nitrogens with two attached hydrogens (primary N) is 1. The van der Waals surface area contributed by atoms with Crippen molar-refractivity contribution >= 4 is 30.4 Å². The molecule has 0 saturated heterocycles. The van der Waals surface area contributed by atoms with Gasteiger partial charge < -0.3 is 15.9 Å². The molecule has 0 aliphatic rings. The average molecular weight is 249 g/mol. The first-order valence-corrected chi connectivity index (χ1v) is 5.35. The lowest BCUT2D eigenvalue weighted by atomic mass is 10.0. The van der Waals surface area contributed by atoms with Gasteiger partial charge in [-0.05, 0) is 6.42 Å². The molecular weight excluding hydrogens is 234 g/mol. The van der Waals surface area contributed by atoms with Crippen molar-refractivity contribution in [1.82, 2.24) is 0 Å². The van der Waals surface area contributed by atoms with E-state index in [0.29, 0.717) is 0 Å². The Morgan fingerprint density at radius 2 is 1.75 bits per heavy atom. The molecule has 0 saturated carbocycles. The number of carboxylic acids is 2.